The van der Waals surface area contributed by atoms with Crippen molar-refractivity contribution in [3.8, 4) is 5.75 Å². The van der Waals surface area contributed by atoms with Gasteiger partial charge in [-0.05, 0) is 0 Å². The molecule has 0 bridgehead atoms. The van der Waals surface area contributed by atoms with Gasteiger partial charge >= 0.3 is 135 Å². The molecule has 0 atom stereocenters. The Morgan fingerprint density at radius 2 is 1.62 bits per heavy atom. The molecule has 0 radical (unpaired) electrons. The zero-order valence-electron chi connectivity index (χ0n) is 11.5. The van der Waals surface area contributed by atoms with Crippen LogP contribution in [-0.2, 0) is 24.5 Å². The fourth-order valence-electron chi connectivity index (χ4n) is 2.53. The minimum atomic E-state index is -0.350. The number of ether oxygens (including phenoxy) is 1. The van der Waals surface area contributed by atoms with Crippen LogP contribution in [0, 0.1) is 0 Å². The van der Waals surface area contributed by atoms with Crippen LogP contribution in [0.15, 0.2) is 48.5 Å². The topological polar surface area (TPSA) is 24.9 Å². The fraction of sp³-hybridized carbons (Fsp3) is 0.250. The molecule has 0 fully saturated rings. The number of para-hydroxylation sites is 1. The van der Waals surface area contributed by atoms with Gasteiger partial charge in [0.1, 0.15) is 0 Å². The molecular weight excluding hydrogens is 379 g/mol. The van der Waals surface area contributed by atoms with Crippen LogP contribution in [0.3, 0.4) is 0 Å². The van der Waals surface area contributed by atoms with E-state index >= 15 is 0 Å². The quantitative estimate of drug-likeness (QED) is 0.516. The van der Waals surface area contributed by atoms with Crippen molar-refractivity contribution in [2.45, 2.75) is 19.7 Å². The Hall–Kier alpha value is -1.15. The predicted octanol–water partition coefficient (Wildman–Crippen LogP) is -0.295. The van der Waals surface area contributed by atoms with Gasteiger partial charge in [0.25, 0.3) is 0 Å². The molecule has 2 heterocycles. The summed E-state index contributed by atoms with van der Waals surface area (Å²) in [6.45, 7) is 3.17. The second-order valence-electron chi connectivity index (χ2n) is 5.10. The van der Waals surface area contributed by atoms with E-state index in [0.717, 1.165) is 18.8 Å². The van der Waals surface area contributed by atoms with E-state index in [4.69, 9.17) is 9.57 Å². The van der Waals surface area contributed by atoms with Crippen LogP contribution in [-0.4, -0.2) is 13.1 Å². The third-order valence-electron chi connectivity index (χ3n) is 3.64. The maximum absolute atomic E-state index is 5.88. The predicted molar refractivity (Wildman–Crippen MR) is 74.3 cm³/mol. The van der Waals surface area contributed by atoms with Gasteiger partial charge < -0.3 is 0 Å². The number of hydroxylamine groups is 1. The van der Waals surface area contributed by atoms with Crippen LogP contribution < -0.4 is 26.5 Å². The standard InChI is InChI=1S/C16H16IN2O2/c1-2-7-15-11-21-19(10-13(15)5-1)17-18-9-14-6-3-4-8-16(14)20-12-18/h1-8H,9-12H2/q-1. The first-order chi connectivity index (χ1) is 10.4. The zero-order chi connectivity index (χ0) is 14.1. The summed E-state index contributed by atoms with van der Waals surface area (Å²) in [5, 5.41) is 0. The van der Waals surface area contributed by atoms with Gasteiger partial charge in [0.15, 0.2) is 0 Å². The van der Waals surface area contributed by atoms with E-state index in [-0.39, 0.29) is 21.8 Å². The van der Waals surface area contributed by atoms with Crippen LogP contribution in [0.2, 0.25) is 0 Å². The number of nitrogens with zero attached hydrogens (tertiary/aromatic N) is 2. The van der Waals surface area contributed by atoms with Crippen molar-refractivity contribution in [1.82, 2.24) is 6.39 Å². The molecule has 4 nitrogen and oxygen atoms in total. The summed E-state index contributed by atoms with van der Waals surface area (Å²) in [6.07, 6.45) is 0. The van der Waals surface area contributed by atoms with Crippen LogP contribution in [0.25, 0.3) is 0 Å². The molecule has 5 heteroatoms. The van der Waals surface area contributed by atoms with E-state index in [1.54, 1.807) is 0 Å². The van der Waals surface area contributed by atoms with Crippen molar-refractivity contribution in [1.29, 1.82) is 0 Å². The van der Waals surface area contributed by atoms with E-state index in [1.807, 2.05) is 12.1 Å². The molecule has 0 spiro atoms. The number of hydrogen-bond acceptors (Lipinski definition) is 4. The molecule has 110 valence electrons. The molecule has 0 saturated carbocycles. The van der Waals surface area contributed by atoms with Crippen molar-refractivity contribution in [3.63, 3.8) is 0 Å². The van der Waals surface area contributed by atoms with Crippen LogP contribution >= 0.6 is 0 Å². The molecule has 0 unspecified atom stereocenters. The molecule has 21 heavy (non-hydrogen) atoms. The Morgan fingerprint density at radius 1 is 0.857 bits per heavy atom. The summed E-state index contributed by atoms with van der Waals surface area (Å²) in [7, 11) is 0. The number of halogens is 1. The minimum absolute atomic E-state index is 0.350. The Morgan fingerprint density at radius 3 is 2.52 bits per heavy atom. The first-order valence-electron chi connectivity index (χ1n) is 6.97. The Kier molecular flexibility index (Phi) is 3.81. The van der Waals surface area contributed by atoms with Gasteiger partial charge in [0, 0.05) is 0 Å². The zero-order valence-corrected chi connectivity index (χ0v) is 13.7. The summed E-state index contributed by atoms with van der Waals surface area (Å²) in [4.78, 5) is 5.88. The van der Waals surface area contributed by atoms with Gasteiger partial charge in [-0.2, -0.15) is 0 Å². The molecule has 2 aliphatic heterocycles. The van der Waals surface area contributed by atoms with Crippen molar-refractivity contribution in [2.75, 3.05) is 6.73 Å². The van der Waals surface area contributed by atoms with Gasteiger partial charge in [0.2, 0.25) is 0 Å². The fourth-order valence-corrected chi connectivity index (χ4v) is 4.78. The average Bonchev–Trinajstić information content (AvgIpc) is 2.55. The number of benzene rings is 2. The number of hydrogen-bond donors (Lipinski definition) is 0. The van der Waals surface area contributed by atoms with E-state index < -0.39 is 0 Å². The number of fused-ring (bicyclic) bond motifs is 2. The van der Waals surface area contributed by atoms with Crippen LogP contribution in [0.1, 0.15) is 16.7 Å². The third kappa shape index (κ3) is 2.91. The van der Waals surface area contributed by atoms with E-state index in [0.29, 0.717) is 13.3 Å². The molecular formula is C16H16IN2O2-. The maximum atomic E-state index is 5.88. The van der Waals surface area contributed by atoms with E-state index in [9.17, 15) is 0 Å². The molecule has 4 rings (SSSR count). The van der Waals surface area contributed by atoms with Crippen LogP contribution in [0.4, 0.5) is 0 Å². The van der Waals surface area contributed by atoms with Gasteiger partial charge in [-0.15, -0.1) is 0 Å². The second-order valence-corrected chi connectivity index (χ2v) is 7.97. The summed E-state index contributed by atoms with van der Waals surface area (Å²) in [5.41, 5.74) is 3.95. The normalized spacial score (nSPS) is 18.9. The molecule has 0 N–H and O–H groups in total. The van der Waals surface area contributed by atoms with Gasteiger partial charge in [-0.25, -0.2) is 0 Å². The first-order valence-corrected chi connectivity index (χ1v) is 8.90. The monoisotopic (exact) mass is 395 g/mol. The van der Waals surface area contributed by atoms with Crippen molar-refractivity contribution in [2.24, 2.45) is 0 Å². The first kappa shape index (κ1) is 13.5. The molecule has 0 aromatic heterocycles. The Bertz CT molecular complexity index is 594. The second kappa shape index (κ2) is 5.92. The Balaban J connectivity index is 1.42. The molecule has 0 amide bonds. The molecule has 0 saturated heterocycles. The van der Waals surface area contributed by atoms with Crippen LogP contribution in [0.5, 0.6) is 5.75 Å². The molecule has 2 aromatic rings. The van der Waals surface area contributed by atoms with Gasteiger partial charge in [-0.3, -0.25) is 0 Å². The summed E-state index contributed by atoms with van der Waals surface area (Å²) < 4.78 is 10.3. The van der Waals surface area contributed by atoms with Gasteiger partial charge in [-0.1, -0.05) is 0 Å². The summed E-state index contributed by atoms with van der Waals surface area (Å²) in [6, 6.07) is 16.8. The summed E-state index contributed by atoms with van der Waals surface area (Å²) >= 11 is -0.350. The van der Waals surface area contributed by atoms with E-state index in [2.05, 4.69) is 42.8 Å². The molecule has 0 aliphatic carbocycles. The molecule has 2 aliphatic rings. The van der Waals surface area contributed by atoms with Crippen molar-refractivity contribution >= 4 is 0 Å². The number of rotatable bonds is 2. The average molecular weight is 395 g/mol. The van der Waals surface area contributed by atoms with Crippen molar-refractivity contribution in [3.05, 3.63) is 65.2 Å². The third-order valence-corrected chi connectivity index (χ3v) is 5.97. The Labute approximate surface area is 135 Å². The van der Waals surface area contributed by atoms with Crippen molar-refractivity contribution < 1.29 is 31.3 Å². The van der Waals surface area contributed by atoms with E-state index in [1.165, 1.54) is 16.7 Å². The molecule has 2 aromatic carbocycles. The SMILES string of the molecule is c1ccc2c(c1)CON([I-]N1COc3ccccc3C1)C2. The summed E-state index contributed by atoms with van der Waals surface area (Å²) in [5.74, 6) is 1.02. The van der Waals surface area contributed by atoms with Gasteiger partial charge in [0.05, 0.1) is 0 Å².